The number of benzene rings is 3. The Morgan fingerprint density at radius 2 is 1.43 bits per heavy atom. The van der Waals surface area contributed by atoms with E-state index in [1.807, 2.05) is 30.3 Å². The maximum absolute atomic E-state index is 13.0. The number of hydrogen-bond acceptors (Lipinski definition) is 4. The van der Waals surface area contributed by atoms with Crippen molar-refractivity contribution < 1.29 is 31.1 Å². The molecule has 0 unspecified atom stereocenters. The number of halogens is 6. The van der Waals surface area contributed by atoms with Gasteiger partial charge in [0.05, 0.1) is 16.8 Å². The van der Waals surface area contributed by atoms with Gasteiger partial charge in [0.1, 0.15) is 11.6 Å². The highest BCUT2D eigenvalue weighted by Gasteiger charge is 2.36. The van der Waals surface area contributed by atoms with Crippen LogP contribution in [0.4, 0.5) is 37.7 Å². The molecule has 0 saturated carbocycles. The van der Waals surface area contributed by atoms with Crippen LogP contribution in [0.25, 0.3) is 0 Å². The number of nitrogens with one attached hydrogen (secondary N) is 2. The average Bonchev–Trinajstić information content (AvgIpc) is 2.80. The molecule has 0 aliphatic rings. The van der Waals surface area contributed by atoms with Crippen molar-refractivity contribution in [2.75, 3.05) is 10.6 Å². The summed E-state index contributed by atoms with van der Waals surface area (Å²) in [6, 6.07) is 18.4. The molecule has 0 heterocycles. The topological polar surface area (TPSA) is 64.9 Å². The van der Waals surface area contributed by atoms with Crippen LogP contribution in [0, 0.1) is 11.3 Å². The number of nitriles is 1. The van der Waals surface area contributed by atoms with Crippen molar-refractivity contribution >= 4 is 29.0 Å². The minimum atomic E-state index is -5.03. The normalized spacial score (nSPS) is 12.1. The zero-order chi connectivity index (χ0) is 25.6. The third-order valence-corrected chi connectivity index (χ3v) is 5.53. The molecule has 180 valence electrons. The van der Waals surface area contributed by atoms with Crippen molar-refractivity contribution in [1.29, 1.82) is 5.26 Å². The SMILES string of the molecule is N#C/C(=C/Nc1cc(C(F)(F)F)cc(C(F)(F)F)c1)C(=O)Nc1ccccc1Sc1ccccc1. The van der Waals surface area contributed by atoms with E-state index in [4.69, 9.17) is 0 Å². The molecule has 0 saturated heterocycles. The molecule has 0 aliphatic carbocycles. The van der Waals surface area contributed by atoms with Gasteiger partial charge in [-0.05, 0) is 42.5 Å². The fraction of sp³-hybridized carbons (Fsp3) is 0.0833. The summed E-state index contributed by atoms with van der Waals surface area (Å²) in [5.41, 5.74) is -3.84. The summed E-state index contributed by atoms with van der Waals surface area (Å²) in [7, 11) is 0. The fourth-order valence-corrected chi connectivity index (χ4v) is 3.73. The molecule has 0 aromatic heterocycles. The molecule has 0 atom stereocenters. The van der Waals surface area contributed by atoms with E-state index in [2.05, 4.69) is 10.6 Å². The number of anilines is 2. The number of carbonyl (C=O) groups is 1. The molecule has 0 fully saturated rings. The minimum absolute atomic E-state index is 0.0197. The Labute approximate surface area is 200 Å². The molecular weight excluding hydrogens is 492 g/mol. The van der Waals surface area contributed by atoms with E-state index >= 15 is 0 Å². The standard InChI is InChI=1S/C24H15F6N3OS/c25-23(26,27)16-10-17(24(28,29)30)12-18(11-16)32-14-15(13-31)22(34)33-20-8-4-5-9-21(20)35-19-6-2-1-3-7-19/h1-12,14,32H,(H,33,34)/b15-14-. The molecule has 3 rings (SSSR count). The predicted molar refractivity (Wildman–Crippen MR) is 119 cm³/mol. The second kappa shape index (κ2) is 10.6. The van der Waals surface area contributed by atoms with Crippen molar-refractivity contribution in [2.24, 2.45) is 0 Å². The van der Waals surface area contributed by atoms with Gasteiger partial charge in [-0.3, -0.25) is 4.79 Å². The van der Waals surface area contributed by atoms with Crippen molar-refractivity contribution in [1.82, 2.24) is 0 Å². The Kier molecular flexibility index (Phi) is 7.76. The van der Waals surface area contributed by atoms with E-state index in [0.717, 1.165) is 11.1 Å². The summed E-state index contributed by atoms with van der Waals surface area (Å²) in [6.07, 6.45) is -9.31. The predicted octanol–water partition coefficient (Wildman–Crippen LogP) is 7.33. The summed E-state index contributed by atoms with van der Waals surface area (Å²) in [5.74, 6) is -0.899. The minimum Gasteiger partial charge on any atom is -0.360 e. The van der Waals surface area contributed by atoms with Gasteiger partial charge in [-0.1, -0.05) is 42.1 Å². The quantitative estimate of drug-likeness (QED) is 0.208. The third kappa shape index (κ3) is 7.04. The van der Waals surface area contributed by atoms with Gasteiger partial charge in [0, 0.05) is 21.7 Å². The average molecular weight is 507 g/mol. The second-order valence-electron chi connectivity index (χ2n) is 6.97. The summed E-state index contributed by atoms with van der Waals surface area (Å²) >= 11 is 1.35. The summed E-state index contributed by atoms with van der Waals surface area (Å²) in [4.78, 5) is 14.2. The first-order chi connectivity index (χ1) is 16.5. The van der Waals surface area contributed by atoms with E-state index in [0.29, 0.717) is 22.7 Å². The lowest BCUT2D eigenvalue weighted by Crippen LogP contribution is -2.15. The maximum atomic E-state index is 13.0. The highest BCUT2D eigenvalue weighted by Crippen LogP contribution is 2.38. The molecule has 11 heteroatoms. The number of nitrogens with zero attached hydrogens (tertiary/aromatic N) is 1. The lowest BCUT2D eigenvalue weighted by atomic mass is 10.1. The molecule has 3 aromatic rings. The zero-order valence-electron chi connectivity index (χ0n) is 17.5. The van der Waals surface area contributed by atoms with Crippen LogP contribution in [0.3, 0.4) is 0 Å². The lowest BCUT2D eigenvalue weighted by Gasteiger charge is -2.14. The number of alkyl halides is 6. The van der Waals surface area contributed by atoms with E-state index in [1.165, 1.54) is 11.8 Å². The number of amides is 1. The van der Waals surface area contributed by atoms with Crippen LogP contribution in [0.15, 0.2) is 94.4 Å². The number of hydrogen-bond donors (Lipinski definition) is 2. The maximum Gasteiger partial charge on any atom is 0.416 e. The lowest BCUT2D eigenvalue weighted by molar-refractivity contribution is -0.143. The summed E-state index contributed by atoms with van der Waals surface area (Å²) in [6.45, 7) is 0. The van der Waals surface area contributed by atoms with Crippen LogP contribution < -0.4 is 10.6 Å². The van der Waals surface area contributed by atoms with Gasteiger partial charge in [-0.25, -0.2) is 0 Å². The van der Waals surface area contributed by atoms with E-state index in [-0.39, 0.29) is 6.07 Å². The smallest absolute Gasteiger partial charge is 0.360 e. The Balaban J connectivity index is 1.83. The van der Waals surface area contributed by atoms with Crippen LogP contribution in [0.1, 0.15) is 11.1 Å². The third-order valence-electron chi connectivity index (χ3n) is 4.44. The molecule has 0 radical (unpaired) electrons. The van der Waals surface area contributed by atoms with Crippen molar-refractivity contribution in [2.45, 2.75) is 22.1 Å². The molecule has 35 heavy (non-hydrogen) atoms. The van der Waals surface area contributed by atoms with Crippen molar-refractivity contribution in [3.8, 4) is 6.07 Å². The van der Waals surface area contributed by atoms with Gasteiger partial charge < -0.3 is 10.6 Å². The van der Waals surface area contributed by atoms with Gasteiger partial charge in [0.25, 0.3) is 5.91 Å². The Hall–Kier alpha value is -3.91. The van der Waals surface area contributed by atoms with E-state index in [1.54, 1.807) is 30.3 Å². The molecule has 0 spiro atoms. The zero-order valence-corrected chi connectivity index (χ0v) is 18.4. The van der Waals surface area contributed by atoms with Crippen LogP contribution in [0.2, 0.25) is 0 Å². The molecule has 3 aromatic carbocycles. The summed E-state index contributed by atoms with van der Waals surface area (Å²) in [5, 5.41) is 14.1. The monoisotopic (exact) mass is 507 g/mol. The first-order valence-corrected chi connectivity index (χ1v) is 10.6. The van der Waals surface area contributed by atoms with Gasteiger partial charge in [0.2, 0.25) is 0 Å². The van der Waals surface area contributed by atoms with Crippen molar-refractivity contribution in [3.63, 3.8) is 0 Å². The van der Waals surface area contributed by atoms with Gasteiger partial charge in [-0.2, -0.15) is 31.6 Å². The first kappa shape index (κ1) is 25.7. The second-order valence-corrected chi connectivity index (χ2v) is 8.09. The van der Waals surface area contributed by atoms with Gasteiger partial charge in [-0.15, -0.1) is 0 Å². The van der Waals surface area contributed by atoms with Crippen LogP contribution in [-0.4, -0.2) is 5.91 Å². The Morgan fingerprint density at radius 1 is 0.857 bits per heavy atom. The molecular formula is C24H15F6N3OS. The molecule has 0 bridgehead atoms. The Bertz CT molecular complexity index is 1250. The first-order valence-electron chi connectivity index (χ1n) is 9.77. The number of rotatable bonds is 6. The molecule has 2 N–H and O–H groups in total. The van der Waals surface area contributed by atoms with E-state index < -0.39 is 40.6 Å². The number of para-hydroxylation sites is 1. The van der Waals surface area contributed by atoms with Crippen molar-refractivity contribution in [3.05, 3.63) is 95.7 Å². The summed E-state index contributed by atoms with van der Waals surface area (Å²) < 4.78 is 78.2. The van der Waals surface area contributed by atoms with Gasteiger partial charge >= 0.3 is 12.4 Å². The van der Waals surface area contributed by atoms with Crippen LogP contribution >= 0.6 is 11.8 Å². The van der Waals surface area contributed by atoms with Crippen LogP contribution in [0.5, 0.6) is 0 Å². The van der Waals surface area contributed by atoms with Gasteiger partial charge in [0.15, 0.2) is 0 Å². The molecule has 0 aliphatic heterocycles. The molecule has 1 amide bonds. The van der Waals surface area contributed by atoms with Crippen LogP contribution in [-0.2, 0) is 17.1 Å². The Morgan fingerprint density at radius 3 is 2.00 bits per heavy atom. The highest BCUT2D eigenvalue weighted by molar-refractivity contribution is 7.99. The van der Waals surface area contributed by atoms with E-state index in [9.17, 15) is 36.4 Å². The number of carbonyl (C=O) groups excluding carboxylic acids is 1. The fourth-order valence-electron chi connectivity index (χ4n) is 2.81. The largest absolute Gasteiger partial charge is 0.416 e. The molecule has 4 nitrogen and oxygen atoms in total. The highest BCUT2D eigenvalue weighted by atomic mass is 32.2.